The Morgan fingerprint density at radius 3 is 2.68 bits per heavy atom. The van der Waals surface area contributed by atoms with Gasteiger partial charge in [0, 0.05) is 63.3 Å². The number of amides is 1. The fourth-order valence-electron chi connectivity index (χ4n) is 5.00. The van der Waals surface area contributed by atoms with Crippen molar-refractivity contribution in [2.75, 3.05) is 31.5 Å². The van der Waals surface area contributed by atoms with Gasteiger partial charge in [0.15, 0.2) is 5.82 Å². The molecule has 1 amide bonds. The monoisotopic (exact) mass is 564 g/mol. The number of fused-ring (bicyclic) bond motifs is 1. The molecule has 1 saturated heterocycles. The number of nitrogens with zero attached hydrogens (tertiary/aromatic N) is 6. The smallest absolute Gasteiger partial charge is 0.410 e. The minimum atomic E-state index is -0.734. The van der Waals surface area contributed by atoms with Gasteiger partial charge in [-0.15, -0.1) is 0 Å². The maximum Gasteiger partial charge on any atom is 0.410 e. The maximum atomic E-state index is 15.5. The van der Waals surface area contributed by atoms with Crippen LogP contribution in [0.1, 0.15) is 39.2 Å². The predicted octanol–water partition coefficient (Wildman–Crippen LogP) is 5.31. The van der Waals surface area contributed by atoms with Crippen molar-refractivity contribution in [3.63, 3.8) is 0 Å². The van der Waals surface area contributed by atoms with Crippen LogP contribution >= 0.6 is 0 Å². The molecule has 3 aromatic heterocycles. The number of carbonyl (C=O) groups is 1. The molecule has 6 rings (SSSR count). The molecule has 10 nitrogen and oxygen atoms in total. The first-order valence-corrected chi connectivity index (χ1v) is 13.9. The van der Waals surface area contributed by atoms with Crippen LogP contribution in [0.5, 0.6) is 0 Å². The van der Waals surface area contributed by atoms with Crippen molar-refractivity contribution in [1.82, 2.24) is 34.5 Å². The first-order chi connectivity index (χ1) is 19.6. The molecule has 2 N–H and O–H groups in total. The average molecular weight is 565 g/mol. The summed E-state index contributed by atoms with van der Waals surface area (Å²) in [6.45, 7) is 9.65. The highest BCUT2D eigenvalue weighted by Gasteiger charge is 2.26. The largest absolute Gasteiger partial charge is 0.444 e. The molecular weight excluding hydrogens is 530 g/mol. The summed E-state index contributed by atoms with van der Waals surface area (Å²) in [6, 6.07) is 5.07. The van der Waals surface area contributed by atoms with Crippen LogP contribution in [0.2, 0.25) is 0 Å². The zero-order chi connectivity index (χ0) is 28.7. The van der Waals surface area contributed by atoms with E-state index < -0.39 is 17.2 Å². The summed E-state index contributed by atoms with van der Waals surface area (Å²) in [4.78, 5) is 28.0. The zero-order valence-electron chi connectivity index (χ0n) is 23.5. The summed E-state index contributed by atoms with van der Waals surface area (Å²) < 4.78 is 37.7. The first-order valence-electron chi connectivity index (χ1n) is 13.9. The van der Waals surface area contributed by atoms with Gasteiger partial charge in [-0.25, -0.2) is 23.5 Å². The molecule has 12 heteroatoms. The summed E-state index contributed by atoms with van der Waals surface area (Å²) in [6.07, 6.45) is 6.91. The molecule has 1 saturated carbocycles. The number of halogens is 2. The highest BCUT2D eigenvalue weighted by molar-refractivity contribution is 5.85. The summed E-state index contributed by atoms with van der Waals surface area (Å²) in [5.74, 6) is -0.0288. The second-order valence-corrected chi connectivity index (χ2v) is 11.8. The van der Waals surface area contributed by atoms with Gasteiger partial charge < -0.3 is 19.9 Å². The van der Waals surface area contributed by atoms with Crippen molar-refractivity contribution in [1.29, 1.82) is 0 Å². The molecule has 41 heavy (non-hydrogen) atoms. The van der Waals surface area contributed by atoms with Gasteiger partial charge in [0.25, 0.3) is 0 Å². The van der Waals surface area contributed by atoms with E-state index in [1.54, 1.807) is 22.0 Å². The number of aromatic amines is 1. The van der Waals surface area contributed by atoms with E-state index in [-0.39, 0.29) is 28.6 Å². The third kappa shape index (κ3) is 6.32. The van der Waals surface area contributed by atoms with E-state index in [1.807, 2.05) is 32.9 Å². The summed E-state index contributed by atoms with van der Waals surface area (Å²) in [5.41, 5.74) is 1.04. The van der Waals surface area contributed by atoms with Gasteiger partial charge in [-0.2, -0.15) is 5.10 Å². The lowest BCUT2D eigenvalue weighted by Crippen LogP contribution is -2.49. The van der Waals surface area contributed by atoms with Crippen molar-refractivity contribution in [2.24, 2.45) is 5.92 Å². The number of nitrogens with one attached hydrogen (secondary N) is 2. The third-order valence-electron chi connectivity index (χ3n) is 7.23. The van der Waals surface area contributed by atoms with Gasteiger partial charge in [0.2, 0.25) is 5.95 Å². The van der Waals surface area contributed by atoms with Crippen LogP contribution in [0.4, 0.5) is 25.3 Å². The molecule has 4 heterocycles. The molecule has 1 aliphatic heterocycles. The molecule has 0 bridgehead atoms. The fourth-order valence-corrected chi connectivity index (χ4v) is 5.00. The topological polar surface area (TPSA) is 104 Å². The number of anilines is 2. The van der Waals surface area contributed by atoms with Crippen molar-refractivity contribution in [3.8, 4) is 11.1 Å². The number of hydrogen-bond acceptors (Lipinski definition) is 7. The summed E-state index contributed by atoms with van der Waals surface area (Å²) in [7, 11) is 0. The van der Waals surface area contributed by atoms with Gasteiger partial charge in [-0.3, -0.25) is 9.58 Å². The van der Waals surface area contributed by atoms with Crippen LogP contribution in [0.15, 0.2) is 36.8 Å². The van der Waals surface area contributed by atoms with E-state index in [1.165, 1.54) is 12.3 Å². The number of ether oxygens (including phenoxy) is 1. The second kappa shape index (κ2) is 10.7. The second-order valence-electron chi connectivity index (χ2n) is 11.8. The van der Waals surface area contributed by atoms with Crippen molar-refractivity contribution >= 4 is 28.9 Å². The van der Waals surface area contributed by atoms with Crippen molar-refractivity contribution < 1.29 is 18.3 Å². The van der Waals surface area contributed by atoms with E-state index in [0.717, 1.165) is 38.0 Å². The van der Waals surface area contributed by atoms with Gasteiger partial charge in [0.1, 0.15) is 22.8 Å². The highest BCUT2D eigenvalue weighted by atomic mass is 19.1. The molecule has 0 atom stereocenters. The number of carbonyl (C=O) groups excluding carboxylic acids is 1. The minimum absolute atomic E-state index is 0.0397. The van der Waals surface area contributed by atoms with Crippen LogP contribution in [0.25, 0.3) is 22.2 Å². The number of imidazole rings is 1. The lowest BCUT2D eigenvalue weighted by molar-refractivity contribution is 0.0139. The maximum absolute atomic E-state index is 15.5. The zero-order valence-corrected chi connectivity index (χ0v) is 23.5. The number of rotatable bonds is 7. The molecule has 0 spiro atoms. The van der Waals surface area contributed by atoms with E-state index in [0.29, 0.717) is 36.9 Å². The first kappa shape index (κ1) is 27.1. The Morgan fingerprint density at radius 2 is 1.95 bits per heavy atom. The predicted molar refractivity (Wildman–Crippen MR) is 151 cm³/mol. The average Bonchev–Trinajstić information content (AvgIpc) is 3.45. The van der Waals surface area contributed by atoms with Gasteiger partial charge in [0.05, 0.1) is 17.3 Å². The normalized spacial score (nSPS) is 16.4. The van der Waals surface area contributed by atoms with Gasteiger partial charge >= 0.3 is 6.09 Å². The highest BCUT2D eigenvalue weighted by Crippen LogP contribution is 2.34. The van der Waals surface area contributed by atoms with E-state index >= 15 is 8.78 Å². The molecule has 216 valence electrons. The van der Waals surface area contributed by atoms with E-state index in [2.05, 4.69) is 30.3 Å². The Hall–Kier alpha value is -4.06. The number of pyridine rings is 1. The van der Waals surface area contributed by atoms with Crippen LogP contribution in [-0.4, -0.2) is 72.4 Å². The number of piperazine rings is 1. The number of aromatic nitrogens is 5. The Labute approximate surface area is 236 Å². The standard InChI is InChI=1S/C29H34F2N8O2/c1-29(2,3)41-28(40)38-10-8-37(9-11-38)15-19-6-7-32-23(12-19)35-27-34-22-13-21(30)24(25(31)26(22)36-27)20-14-33-39(17-20)16-18-4-5-18/h6-7,12-14,17-18H,4-5,8-11,15-16H2,1-3H3,(H2,32,34,35,36). The molecule has 0 unspecified atom stereocenters. The lowest BCUT2D eigenvalue weighted by atomic mass is 10.1. The quantitative estimate of drug-likeness (QED) is 0.314. The lowest BCUT2D eigenvalue weighted by Gasteiger charge is -2.35. The van der Waals surface area contributed by atoms with Crippen LogP contribution < -0.4 is 5.32 Å². The van der Waals surface area contributed by atoms with Crippen LogP contribution in [0, 0.1) is 17.6 Å². The fraction of sp³-hybridized carbons (Fsp3) is 0.448. The molecular formula is C29H34F2N8O2. The molecule has 2 fully saturated rings. The molecule has 1 aromatic carbocycles. The van der Waals surface area contributed by atoms with Crippen LogP contribution in [-0.2, 0) is 17.8 Å². The van der Waals surface area contributed by atoms with Crippen molar-refractivity contribution in [3.05, 3.63) is 54.0 Å². The van der Waals surface area contributed by atoms with E-state index in [9.17, 15) is 4.79 Å². The number of H-pyrrole nitrogens is 1. The molecule has 0 radical (unpaired) electrons. The Bertz CT molecular complexity index is 1560. The van der Waals surface area contributed by atoms with Crippen molar-refractivity contribution in [2.45, 2.75) is 52.3 Å². The Balaban J connectivity index is 1.12. The number of benzene rings is 1. The minimum Gasteiger partial charge on any atom is -0.444 e. The molecule has 2 aliphatic rings. The molecule has 4 aromatic rings. The van der Waals surface area contributed by atoms with E-state index in [4.69, 9.17) is 4.74 Å². The summed E-state index contributed by atoms with van der Waals surface area (Å²) >= 11 is 0. The SMILES string of the molecule is CC(C)(C)OC(=O)N1CCN(Cc2ccnc(Nc3nc4c(F)c(-c5cnn(CC6CC6)c5)c(F)cc4[nH]3)c2)CC1. The third-order valence-corrected chi connectivity index (χ3v) is 7.23. The van der Waals surface area contributed by atoms with Crippen LogP contribution in [0.3, 0.4) is 0 Å². The van der Waals surface area contributed by atoms with Gasteiger partial charge in [-0.1, -0.05) is 0 Å². The molecule has 1 aliphatic carbocycles. The Kier molecular flexibility index (Phi) is 7.10. The number of hydrogen-bond donors (Lipinski definition) is 2. The Morgan fingerprint density at radius 1 is 1.17 bits per heavy atom. The summed E-state index contributed by atoms with van der Waals surface area (Å²) in [5, 5.41) is 7.36. The van der Waals surface area contributed by atoms with Gasteiger partial charge in [-0.05, 0) is 57.2 Å².